The van der Waals surface area contributed by atoms with Gasteiger partial charge in [0.25, 0.3) is 0 Å². The molecule has 1 heterocycles. The highest BCUT2D eigenvalue weighted by Gasteiger charge is 2.27. The van der Waals surface area contributed by atoms with Gasteiger partial charge in [0.15, 0.2) is 5.96 Å². The zero-order valence-electron chi connectivity index (χ0n) is 18.2. The van der Waals surface area contributed by atoms with Crippen LogP contribution >= 0.6 is 0 Å². The lowest BCUT2D eigenvalue weighted by Crippen LogP contribution is -2.44. The lowest BCUT2D eigenvalue weighted by molar-refractivity contribution is 0.368. The molecule has 0 spiro atoms. The van der Waals surface area contributed by atoms with Crippen molar-refractivity contribution in [1.82, 2.24) is 10.6 Å². The molecule has 1 saturated heterocycles. The average molecular weight is 434 g/mol. The van der Waals surface area contributed by atoms with Gasteiger partial charge in [-0.3, -0.25) is 4.99 Å². The fraction of sp³-hybridized carbons (Fsp3) is 0.409. The maximum atomic E-state index is 14.1. The smallest absolute Gasteiger partial charge is 0.191 e. The second kappa shape index (κ2) is 10.2. The van der Waals surface area contributed by atoms with Crippen molar-refractivity contribution in [2.45, 2.75) is 19.0 Å². The fourth-order valence-electron chi connectivity index (χ4n) is 3.68. The molecule has 2 N–H and O–H groups in total. The first-order valence-corrected chi connectivity index (χ1v) is 9.95. The van der Waals surface area contributed by atoms with Gasteiger partial charge in [0.2, 0.25) is 0 Å². The molecule has 0 amide bonds. The number of ether oxygens (including phenoxy) is 3. The molecule has 9 heteroatoms. The van der Waals surface area contributed by atoms with E-state index in [2.05, 4.69) is 15.6 Å². The van der Waals surface area contributed by atoms with Crippen LogP contribution in [-0.2, 0) is 6.54 Å². The topological polar surface area (TPSA) is 67.4 Å². The summed E-state index contributed by atoms with van der Waals surface area (Å²) in [6, 6.07) is 7.48. The van der Waals surface area contributed by atoms with Gasteiger partial charge in [0, 0.05) is 38.3 Å². The van der Waals surface area contributed by atoms with Crippen molar-refractivity contribution >= 4 is 11.6 Å². The Labute approximate surface area is 181 Å². The summed E-state index contributed by atoms with van der Waals surface area (Å²) in [5, 5.41) is 6.57. The molecule has 3 rings (SSSR count). The van der Waals surface area contributed by atoms with Crippen LogP contribution in [0.4, 0.5) is 14.5 Å². The third-order valence-corrected chi connectivity index (χ3v) is 5.26. The van der Waals surface area contributed by atoms with Crippen molar-refractivity contribution in [3.05, 3.63) is 47.5 Å². The molecular formula is C22H28F2N4O3. The third-order valence-electron chi connectivity index (χ3n) is 5.26. The Morgan fingerprint density at radius 3 is 2.29 bits per heavy atom. The number of benzene rings is 2. The number of hydrogen-bond donors (Lipinski definition) is 2. The number of halogens is 2. The highest BCUT2D eigenvalue weighted by Crippen LogP contribution is 2.34. The van der Waals surface area contributed by atoms with Crippen LogP contribution in [0, 0.1) is 11.6 Å². The van der Waals surface area contributed by atoms with Crippen molar-refractivity contribution < 1.29 is 23.0 Å². The Hall–Kier alpha value is -3.23. The highest BCUT2D eigenvalue weighted by atomic mass is 19.1. The van der Waals surface area contributed by atoms with E-state index in [1.165, 1.54) is 18.2 Å². The van der Waals surface area contributed by atoms with Gasteiger partial charge in [-0.15, -0.1) is 0 Å². The highest BCUT2D eigenvalue weighted by molar-refractivity contribution is 5.80. The number of rotatable bonds is 7. The summed E-state index contributed by atoms with van der Waals surface area (Å²) in [5.74, 6) is 1.35. The average Bonchev–Trinajstić information content (AvgIpc) is 3.23. The van der Waals surface area contributed by atoms with Gasteiger partial charge in [-0.25, -0.2) is 8.78 Å². The second-order valence-electron chi connectivity index (χ2n) is 7.08. The number of methoxy groups -OCH3 is 3. The minimum Gasteiger partial charge on any atom is -0.496 e. The standard InChI is InChI=1S/C22H28F2N4O3/c1-25-22(26-12-16-19(30-3)10-15(29-2)11-20(16)31-4)27-14-8-9-28(13-14)21-17(23)6-5-7-18(21)24/h5-7,10-11,14H,8-9,12-13H2,1-4H3,(H2,25,26,27). The summed E-state index contributed by atoms with van der Waals surface area (Å²) >= 11 is 0. The summed E-state index contributed by atoms with van der Waals surface area (Å²) in [6.45, 7) is 1.41. The first-order chi connectivity index (χ1) is 15.0. The fourth-order valence-corrected chi connectivity index (χ4v) is 3.68. The van der Waals surface area contributed by atoms with Crippen LogP contribution in [-0.4, -0.2) is 53.5 Å². The first-order valence-electron chi connectivity index (χ1n) is 9.95. The van der Waals surface area contributed by atoms with Crippen molar-refractivity contribution in [3.8, 4) is 17.2 Å². The zero-order chi connectivity index (χ0) is 22.4. The monoisotopic (exact) mass is 434 g/mol. The van der Waals surface area contributed by atoms with Crippen LogP contribution in [0.3, 0.4) is 0 Å². The minimum atomic E-state index is -0.554. The molecule has 2 aromatic carbocycles. The van der Waals surface area contributed by atoms with E-state index in [1.54, 1.807) is 45.4 Å². The minimum absolute atomic E-state index is 0.00938. The molecule has 0 radical (unpaired) electrons. The predicted octanol–water partition coefficient (Wildman–Crippen LogP) is 2.93. The van der Waals surface area contributed by atoms with E-state index in [4.69, 9.17) is 14.2 Å². The Morgan fingerprint density at radius 1 is 1.10 bits per heavy atom. The molecular weight excluding hydrogens is 406 g/mol. The summed E-state index contributed by atoms with van der Waals surface area (Å²) in [6.07, 6.45) is 0.726. The van der Waals surface area contributed by atoms with Gasteiger partial charge in [0.1, 0.15) is 34.6 Å². The van der Waals surface area contributed by atoms with E-state index in [9.17, 15) is 8.78 Å². The van der Waals surface area contributed by atoms with Crippen LogP contribution in [0.1, 0.15) is 12.0 Å². The molecule has 31 heavy (non-hydrogen) atoms. The van der Waals surface area contributed by atoms with Crippen LogP contribution in [0.2, 0.25) is 0 Å². The molecule has 1 aliphatic rings. The van der Waals surface area contributed by atoms with E-state index in [-0.39, 0.29) is 11.7 Å². The number of guanidine groups is 1. The van der Waals surface area contributed by atoms with Crippen LogP contribution in [0.15, 0.2) is 35.3 Å². The van der Waals surface area contributed by atoms with E-state index in [0.717, 1.165) is 12.0 Å². The molecule has 0 aromatic heterocycles. The van der Waals surface area contributed by atoms with E-state index < -0.39 is 11.6 Å². The van der Waals surface area contributed by atoms with Crippen molar-refractivity contribution in [3.63, 3.8) is 0 Å². The Balaban J connectivity index is 1.65. The summed E-state index contributed by atoms with van der Waals surface area (Å²) < 4.78 is 44.4. The van der Waals surface area contributed by atoms with Crippen LogP contribution in [0.25, 0.3) is 0 Å². The molecule has 1 aliphatic heterocycles. The molecule has 1 atom stereocenters. The van der Waals surface area contributed by atoms with Crippen molar-refractivity contribution in [2.24, 2.45) is 4.99 Å². The number of nitrogens with zero attached hydrogens (tertiary/aromatic N) is 2. The normalized spacial score (nSPS) is 16.3. The van der Waals surface area contributed by atoms with Gasteiger partial charge in [-0.05, 0) is 18.6 Å². The molecule has 0 aliphatic carbocycles. The third kappa shape index (κ3) is 5.10. The number of hydrogen-bond acceptors (Lipinski definition) is 5. The van der Waals surface area contributed by atoms with Crippen LogP contribution in [0.5, 0.6) is 17.2 Å². The van der Waals surface area contributed by atoms with Gasteiger partial charge < -0.3 is 29.7 Å². The van der Waals surface area contributed by atoms with Gasteiger partial charge in [0.05, 0.1) is 33.4 Å². The molecule has 2 aromatic rings. The first kappa shape index (κ1) is 22.5. The Kier molecular flexibility index (Phi) is 7.38. The number of nitrogens with one attached hydrogen (secondary N) is 2. The Morgan fingerprint density at radius 2 is 1.74 bits per heavy atom. The maximum absolute atomic E-state index is 14.1. The largest absolute Gasteiger partial charge is 0.496 e. The van der Waals surface area contributed by atoms with Crippen LogP contribution < -0.4 is 29.7 Å². The summed E-state index contributed by atoms with van der Waals surface area (Å²) in [5.41, 5.74) is 0.831. The quantitative estimate of drug-likeness (QED) is 0.516. The number of para-hydroxylation sites is 1. The van der Waals surface area contributed by atoms with E-state index in [0.29, 0.717) is 42.8 Å². The molecule has 168 valence electrons. The van der Waals surface area contributed by atoms with E-state index >= 15 is 0 Å². The predicted molar refractivity (Wildman–Crippen MR) is 116 cm³/mol. The molecule has 1 fully saturated rings. The SMILES string of the molecule is CN=C(NCc1c(OC)cc(OC)cc1OC)NC1CCN(c2c(F)cccc2F)C1. The lowest BCUT2D eigenvalue weighted by Gasteiger charge is -2.22. The van der Waals surface area contributed by atoms with Gasteiger partial charge in [-0.1, -0.05) is 6.07 Å². The van der Waals surface area contributed by atoms with E-state index in [1.807, 2.05) is 0 Å². The second-order valence-corrected chi connectivity index (χ2v) is 7.08. The number of aliphatic imine (C=N–C) groups is 1. The molecule has 1 unspecified atom stereocenters. The van der Waals surface area contributed by atoms with Gasteiger partial charge in [-0.2, -0.15) is 0 Å². The molecule has 0 saturated carbocycles. The maximum Gasteiger partial charge on any atom is 0.191 e. The summed E-state index contributed by atoms with van der Waals surface area (Å²) in [4.78, 5) is 5.98. The Bertz CT molecular complexity index is 894. The zero-order valence-corrected chi connectivity index (χ0v) is 18.2. The van der Waals surface area contributed by atoms with Crippen molar-refractivity contribution in [1.29, 1.82) is 0 Å². The van der Waals surface area contributed by atoms with Gasteiger partial charge >= 0.3 is 0 Å². The number of anilines is 1. The molecule has 0 bridgehead atoms. The lowest BCUT2D eigenvalue weighted by atomic mass is 10.1. The van der Waals surface area contributed by atoms with Crippen molar-refractivity contribution in [2.75, 3.05) is 46.4 Å². The summed E-state index contributed by atoms with van der Waals surface area (Å²) in [7, 11) is 6.41. The molecule has 7 nitrogen and oxygen atoms in total.